The minimum absolute atomic E-state index is 0.0474. The van der Waals surface area contributed by atoms with Gasteiger partial charge in [0.15, 0.2) is 0 Å². The molecule has 0 bridgehead atoms. The van der Waals surface area contributed by atoms with Crippen molar-refractivity contribution < 1.29 is 58.5 Å². The summed E-state index contributed by atoms with van der Waals surface area (Å²) in [5.74, 6) is -6.76. The third-order valence-corrected chi connectivity index (χ3v) is 20.5. The molecule has 1 saturated heterocycles. The molecule has 1 aliphatic carbocycles. The fourth-order valence-electron chi connectivity index (χ4n) is 13.5. The van der Waals surface area contributed by atoms with Crippen molar-refractivity contribution in [3.05, 3.63) is 173 Å². The van der Waals surface area contributed by atoms with Crippen LogP contribution in [0.15, 0.2) is 140 Å². The van der Waals surface area contributed by atoms with E-state index in [1.165, 1.54) is 47.3 Å². The zero-order valence-electron chi connectivity index (χ0n) is 56.6. The first-order valence-electron chi connectivity index (χ1n) is 34.3. The number of likely N-dealkylation sites (tertiary alicyclic amines) is 1. The predicted octanol–water partition coefficient (Wildman–Crippen LogP) is 4.13. The number of phenols is 1. The molecule has 0 spiro atoms. The summed E-state index contributed by atoms with van der Waals surface area (Å²) >= 11 is 10.0. The number of thiol groups is 2. The molecule has 9 rings (SSSR count). The van der Waals surface area contributed by atoms with Crippen LogP contribution in [-0.4, -0.2) is 187 Å². The number of amides is 8. The molecule has 101 heavy (non-hydrogen) atoms. The maximum absolute atomic E-state index is 15.2. The predicted molar refractivity (Wildman–Crippen MR) is 395 cm³/mol. The third kappa shape index (κ3) is 20.9. The van der Waals surface area contributed by atoms with Gasteiger partial charge in [-0.05, 0) is 128 Å². The van der Waals surface area contributed by atoms with E-state index >= 15 is 14.4 Å². The van der Waals surface area contributed by atoms with E-state index in [1.807, 2.05) is 18.2 Å². The lowest BCUT2D eigenvalue weighted by Crippen LogP contribution is -2.62. The number of benzene rings is 5. The Morgan fingerprint density at radius 1 is 0.594 bits per heavy atom. The molecule has 2 aliphatic rings. The van der Waals surface area contributed by atoms with Crippen molar-refractivity contribution in [1.29, 1.82) is 0 Å². The Kier molecular flexibility index (Phi) is 28.1. The number of carboxylic acid groups (broad SMARTS) is 1. The van der Waals surface area contributed by atoms with Gasteiger partial charge in [-0.3, -0.25) is 43.3 Å². The van der Waals surface area contributed by atoms with Gasteiger partial charge in [0.05, 0.1) is 11.9 Å². The average Bonchev–Trinajstić information content (AvgIpc) is 1.71. The number of phenolic OH excluding ortho intramolecular Hbond substituents is 1. The van der Waals surface area contributed by atoms with Crippen LogP contribution >= 0.6 is 37.0 Å². The molecule has 24 nitrogen and oxygen atoms in total. The monoisotopic (exact) mass is 1440 g/mol. The van der Waals surface area contributed by atoms with Crippen LogP contribution in [0.5, 0.6) is 5.75 Å². The van der Waals surface area contributed by atoms with Gasteiger partial charge >= 0.3 is 5.97 Å². The number of aliphatic carboxylic acids is 1. The largest absolute Gasteiger partial charge is 0.508 e. The number of unbranched alkanes of at least 4 members (excludes halogenated alkanes) is 1. The van der Waals surface area contributed by atoms with Crippen LogP contribution in [-0.2, 0) is 75.3 Å². The second-order valence-corrected chi connectivity index (χ2v) is 27.8. The van der Waals surface area contributed by atoms with Crippen LogP contribution < -0.4 is 48.3 Å². The van der Waals surface area contributed by atoms with Crippen LogP contribution in [0.2, 0.25) is 0 Å². The Balaban J connectivity index is 0.916. The first kappa shape index (κ1) is 76.3. The van der Waals surface area contributed by atoms with E-state index in [1.54, 1.807) is 85.1 Å². The molecule has 27 heteroatoms. The molecule has 7 aromatic rings. The molecule has 1 fully saturated rings. The Bertz CT molecular complexity index is 3970. The topological polar surface area (TPSA) is 371 Å². The number of aromatic nitrogens is 2. The minimum Gasteiger partial charge on any atom is -0.508 e. The smallest absolute Gasteiger partial charge is 0.327 e. The highest BCUT2D eigenvalue weighted by atomic mass is 32.2. The van der Waals surface area contributed by atoms with Crippen molar-refractivity contribution in [2.75, 3.05) is 42.6 Å². The lowest BCUT2D eigenvalue weighted by molar-refractivity contribution is -0.141. The lowest BCUT2D eigenvalue weighted by atomic mass is 9.72. The normalized spacial score (nSPS) is 17.6. The van der Waals surface area contributed by atoms with Gasteiger partial charge in [-0.2, -0.15) is 37.0 Å². The zero-order chi connectivity index (χ0) is 72.1. The number of nitrogens with one attached hydrogen (secondary N) is 10. The summed E-state index contributed by atoms with van der Waals surface area (Å²) in [5.41, 5.74) is 12.8. The molecule has 0 radical (unpaired) electrons. The van der Waals surface area contributed by atoms with Crippen molar-refractivity contribution in [2.45, 2.75) is 144 Å². The van der Waals surface area contributed by atoms with Crippen LogP contribution in [0.4, 0.5) is 0 Å². The summed E-state index contributed by atoms with van der Waals surface area (Å²) in [6, 6.07) is 26.0. The zero-order valence-corrected chi connectivity index (χ0v) is 59.2. The van der Waals surface area contributed by atoms with E-state index in [-0.39, 0.29) is 74.0 Å². The average molecular weight is 1440 g/mol. The van der Waals surface area contributed by atoms with Crippen LogP contribution in [0.1, 0.15) is 85.3 Å². The molecular weight excluding hydrogens is 1350 g/mol. The second-order valence-electron chi connectivity index (χ2n) is 26.1. The first-order valence-corrected chi connectivity index (χ1v) is 36.7. The molecule has 3 heterocycles. The Morgan fingerprint density at radius 2 is 1.12 bits per heavy atom. The number of nitrogens with two attached hydrogens (primary N) is 1. The van der Waals surface area contributed by atoms with Crippen LogP contribution in [0, 0.1) is 5.92 Å². The van der Waals surface area contributed by atoms with Crippen LogP contribution in [0.25, 0.3) is 21.8 Å². The van der Waals surface area contributed by atoms with Crippen LogP contribution in [0.3, 0.4) is 0 Å². The third-order valence-electron chi connectivity index (χ3n) is 18.6. The molecule has 0 saturated carbocycles. The van der Waals surface area contributed by atoms with Gasteiger partial charge in [-0.15, -0.1) is 0 Å². The maximum atomic E-state index is 15.2. The van der Waals surface area contributed by atoms with E-state index in [9.17, 15) is 44.1 Å². The number of hydrogen-bond donors (Lipinski definition) is 16. The Labute approximate surface area is 602 Å². The quantitative estimate of drug-likeness (QED) is 0.0192. The maximum Gasteiger partial charge on any atom is 0.327 e. The summed E-state index contributed by atoms with van der Waals surface area (Å²) in [5, 5.41) is 54.8. The summed E-state index contributed by atoms with van der Waals surface area (Å²) in [6.45, 7) is 5.54. The number of fused-ring (bicyclic) bond motifs is 3. The number of aliphatic hydroxyl groups is 1. The molecule has 538 valence electrons. The number of H-pyrrole nitrogens is 2. The molecule has 8 amide bonds. The van der Waals surface area contributed by atoms with Gasteiger partial charge in [-0.1, -0.05) is 110 Å². The highest BCUT2D eigenvalue weighted by Gasteiger charge is 2.42. The van der Waals surface area contributed by atoms with Gasteiger partial charge in [0, 0.05) is 89.9 Å². The highest BCUT2D eigenvalue weighted by molar-refractivity contribution is 7.99. The van der Waals surface area contributed by atoms with Gasteiger partial charge < -0.3 is 73.6 Å². The van der Waals surface area contributed by atoms with E-state index in [4.69, 9.17) is 5.73 Å². The van der Waals surface area contributed by atoms with Gasteiger partial charge in [0.25, 0.3) is 0 Å². The summed E-state index contributed by atoms with van der Waals surface area (Å²) in [7, 11) is 0. The number of aromatic amines is 2. The highest BCUT2D eigenvalue weighted by Crippen LogP contribution is 2.45. The SMILES string of the molecule is CCCN1C[C@H](CSCC(=O)N[C@@H](CS)C(=O)N[C@@H](Cc2ccccc2)C(=O)N[C@@H](Cc2ccc(O)cc2)C(=O)N[C@H](Cc2c[nH]c3ccccc23)C(=O)N[C@@H](CCCCN)C(=O)N[C@H](C(=O)N[C@@H](Cc2ccccc2)C(=O)N[C@@H](CS)C(=O)O)[C@@H](C)O)CC2c3cccc4[nH]cc(c34)CC21. The number of carbonyl (C=O) groups excluding carboxylic acids is 8. The molecule has 12 atom stereocenters. The van der Waals surface area contributed by atoms with E-state index in [2.05, 4.69) is 114 Å². The molecule has 2 unspecified atom stereocenters. The summed E-state index contributed by atoms with van der Waals surface area (Å²) in [4.78, 5) is 137. The molecule has 15 N–H and O–H groups in total. The number of aromatic hydroxyl groups is 1. The van der Waals surface area contributed by atoms with Crippen molar-refractivity contribution >= 4 is 112 Å². The van der Waals surface area contributed by atoms with Gasteiger partial charge in [0.2, 0.25) is 47.3 Å². The van der Waals surface area contributed by atoms with Crippen molar-refractivity contribution in [3.8, 4) is 5.75 Å². The number of para-hydroxylation sites is 1. The van der Waals surface area contributed by atoms with Gasteiger partial charge in [-0.25, -0.2) is 4.79 Å². The number of carboxylic acids is 1. The fraction of sp³-hybridized carbons (Fsp3) is 0.419. The standard InChI is InChI=1S/C74H92N12O12S3/c1-3-29-86-38-47(30-53-52-20-14-23-55-65(52)49(37-77-55)35-63(53)86)41-101-42-64(89)78-61(39-99)72(95)81-57(31-44-15-6-4-7-16-44)68(91)80-58(33-46-24-26-50(88)27-25-46)69(92)82-60(34-48-36-76-54-21-11-10-19-51(48)54)71(94)79-56(22-12-13-28-75)67(90)85-66(43(2)87)73(96)83-59(32-45-17-8-5-9-18-45)70(93)84-62(40-100)74(97)98/h4-11,14-21,23-27,36-37,43,47,53,56-63,66,76-77,87-88,99-100H,3,12-13,22,28-35,38-42,75H2,1-2H3,(H,78,89)(H,79,94)(H,80,91)(H,81,95)(H,82,92)(H,83,96)(H,84,93)(H,85,90)(H,97,98)/t43-,47-,53?,56+,57+,58+,59+,60-,61+,62+,63?,66+/m1/s1. The number of hydrogen-bond acceptors (Lipinski definition) is 16. The van der Waals surface area contributed by atoms with Crippen molar-refractivity contribution in [1.82, 2.24) is 57.4 Å². The fourth-order valence-corrected chi connectivity index (χ4v) is 14.9. The Morgan fingerprint density at radius 3 is 1.70 bits per heavy atom. The minimum atomic E-state index is -1.73. The number of aliphatic hydroxyl groups excluding tert-OH is 1. The number of nitrogens with zero attached hydrogens (tertiary/aromatic N) is 1. The second kappa shape index (κ2) is 37.2. The molecular formula is C74H92N12O12S3. The van der Waals surface area contributed by atoms with E-state index in [0.717, 1.165) is 43.6 Å². The van der Waals surface area contributed by atoms with Crippen molar-refractivity contribution in [3.63, 3.8) is 0 Å². The lowest BCUT2D eigenvalue weighted by Gasteiger charge is -2.47. The molecule has 1 aliphatic heterocycles. The summed E-state index contributed by atoms with van der Waals surface area (Å²) in [6.07, 6.45) is 5.32. The molecule has 2 aromatic heterocycles. The van der Waals surface area contributed by atoms with E-state index in [0.29, 0.717) is 57.5 Å². The van der Waals surface area contributed by atoms with Gasteiger partial charge in [0.1, 0.15) is 54.1 Å². The molecule has 5 aromatic carbocycles. The van der Waals surface area contributed by atoms with Crippen molar-refractivity contribution in [2.24, 2.45) is 11.7 Å². The number of rotatable bonds is 37. The summed E-state index contributed by atoms with van der Waals surface area (Å²) < 4.78 is 0. The van der Waals surface area contributed by atoms with E-state index < -0.39 is 102 Å². The first-order chi connectivity index (χ1) is 48.7. The number of piperidine rings is 1. The number of carbonyl (C=O) groups is 9. The Hall–Kier alpha value is -8.86. The number of thioether (sulfide) groups is 1.